The molecular weight excluding hydrogens is 680 g/mol. The van der Waals surface area contributed by atoms with Crippen molar-refractivity contribution in [3.63, 3.8) is 0 Å². The molecule has 0 amide bonds. The van der Waals surface area contributed by atoms with Crippen LogP contribution in [0.1, 0.15) is 46.6 Å². The molecule has 4 heterocycles. The van der Waals surface area contributed by atoms with E-state index >= 15 is 0 Å². The van der Waals surface area contributed by atoms with Gasteiger partial charge in [0, 0.05) is 11.8 Å². The summed E-state index contributed by atoms with van der Waals surface area (Å²) in [5.74, 6) is 2.42. The summed E-state index contributed by atoms with van der Waals surface area (Å²) in [5, 5.41) is 0. The van der Waals surface area contributed by atoms with E-state index in [4.69, 9.17) is 37.9 Å². The Bertz CT molecular complexity index is 1820. The molecule has 8 nitrogen and oxygen atoms in total. The number of rotatable bonds is 21. The van der Waals surface area contributed by atoms with E-state index in [2.05, 4.69) is 85.5 Å². The van der Waals surface area contributed by atoms with Crippen molar-refractivity contribution in [2.75, 3.05) is 59.5 Å². The first kappa shape index (κ1) is 36.3. The summed E-state index contributed by atoms with van der Waals surface area (Å²) in [7, 11) is 0. The molecule has 4 unspecified atom stereocenters. The Kier molecular flexibility index (Phi) is 11.5. The van der Waals surface area contributed by atoms with Crippen molar-refractivity contribution < 1.29 is 37.9 Å². The number of benzene rings is 4. The van der Waals surface area contributed by atoms with Crippen molar-refractivity contribution in [1.82, 2.24) is 0 Å². The van der Waals surface area contributed by atoms with Crippen LogP contribution in [0.5, 0.6) is 17.2 Å². The predicted octanol–water partition coefficient (Wildman–Crippen LogP) is 7.81. The second-order valence-electron chi connectivity index (χ2n) is 14.3. The van der Waals surface area contributed by atoms with Gasteiger partial charge in [0.05, 0.1) is 39.6 Å². The van der Waals surface area contributed by atoms with Gasteiger partial charge < -0.3 is 37.9 Å². The van der Waals surface area contributed by atoms with Crippen molar-refractivity contribution in [2.24, 2.45) is 0 Å². The third-order valence-electron chi connectivity index (χ3n) is 9.99. The lowest BCUT2D eigenvalue weighted by Gasteiger charge is -2.23. The van der Waals surface area contributed by atoms with Crippen LogP contribution in [0.4, 0.5) is 0 Å². The van der Waals surface area contributed by atoms with E-state index < -0.39 is 0 Å². The molecule has 0 aromatic heterocycles. The highest BCUT2D eigenvalue weighted by molar-refractivity contribution is 5.50. The van der Waals surface area contributed by atoms with E-state index in [-0.39, 0.29) is 36.3 Å². The van der Waals surface area contributed by atoms with Gasteiger partial charge in [-0.1, -0.05) is 85.5 Å². The van der Waals surface area contributed by atoms with Crippen LogP contribution in [0.3, 0.4) is 0 Å². The lowest BCUT2D eigenvalue weighted by Crippen LogP contribution is -2.08. The van der Waals surface area contributed by atoms with Crippen LogP contribution in [0, 0.1) is 0 Å². The van der Waals surface area contributed by atoms with Crippen molar-refractivity contribution >= 4 is 0 Å². The molecule has 8 heteroatoms. The first-order valence-corrected chi connectivity index (χ1v) is 18.9. The Morgan fingerprint density at radius 3 is 1.30 bits per heavy atom. The van der Waals surface area contributed by atoms with E-state index in [0.29, 0.717) is 33.0 Å². The molecule has 4 aromatic carbocycles. The minimum absolute atomic E-state index is 0.00704. The first-order chi connectivity index (χ1) is 26.6. The Balaban J connectivity index is 1.05. The third kappa shape index (κ3) is 10.3. The minimum atomic E-state index is -0.0767. The fourth-order valence-corrected chi connectivity index (χ4v) is 6.42. The number of ether oxygens (including phenoxy) is 8. The number of epoxide rings is 4. The molecule has 0 radical (unpaired) electrons. The van der Waals surface area contributed by atoms with Crippen LogP contribution in [-0.2, 0) is 23.7 Å². The number of hydrogen-bond donors (Lipinski definition) is 0. The molecule has 4 aliphatic heterocycles. The first-order valence-electron chi connectivity index (χ1n) is 18.9. The van der Waals surface area contributed by atoms with Gasteiger partial charge in [-0.05, 0) is 82.3 Å². The maximum Gasteiger partial charge on any atom is 0.119 e. The SMILES string of the molecule is C=C(/C=C\C(=C/C)COCC1CO1)[C@H](c1ccc(OCC2CO2)cc1)c1ccc(C(c2ccc(OCC3CO3)cc2)c2ccc(OCC3CO3)cc2)cc1. The fraction of sp³-hybridized carbons (Fsp3) is 0.348. The third-order valence-corrected chi connectivity index (χ3v) is 9.99. The zero-order valence-corrected chi connectivity index (χ0v) is 30.8. The van der Waals surface area contributed by atoms with Crippen LogP contribution in [0.25, 0.3) is 0 Å². The topological polar surface area (TPSA) is 87.0 Å². The van der Waals surface area contributed by atoms with Gasteiger partial charge in [0.25, 0.3) is 0 Å². The van der Waals surface area contributed by atoms with E-state index in [1.807, 2.05) is 43.3 Å². The molecule has 0 N–H and O–H groups in total. The average Bonchev–Trinajstić information content (AvgIpc) is 4.01. The summed E-state index contributed by atoms with van der Waals surface area (Å²) in [6.07, 6.45) is 7.15. The number of allylic oxidation sites excluding steroid dienone is 3. The molecule has 4 saturated heterocycles. The molecule has 0 aliphatic carbocycles. The van der Waals surface area contributed by atoms with Crippen molar-refractivity contribution in [3.05, 3.63) is 161 Å². The summed E-state index contributed by atoms with van der Waals surface area (Å²) < 4.78 is 45.0. The lowest BCUT2D eigenvalue weighted by atomic mass is 9.81. The molecule has 4 aromatic rings. The zero-order chi connectivity index (χ0) is 36.7. The molecular formula is C46H48O8. The van der Waals surface area contributed by atoms with E-state index in [0.717, 1.165) is 65.9 Å². The summed E-state index contributed by atoms with van der Waals surface area (Å²) in [6, 6.07) is 34.1. The van der Waals surface area contributed by atoms with Gasteiger partial charge in [0.2, 0.25) is 0 Å². The van der Waals surface area contributed by atoms with Gasteiger partial charge in [-0.25, -0.2) is 0 Å². The normalized spacial score (nSPS) is 22.4. The summed E-state index contributed by atoms with van der Waals surface area (Å²) >= 11 is 0. The summed E-state index contributed by atoms with van der Waals surface area (Å²) in [4.78, 5) is 0. The Morgan fingerprint density at radius 1 is 0.556 bits per heavy atom. The Hall–Kier alpha value is -4.70. The standard InChI is InChI=1S/C46H48O8/c1-3-32(22-47-23-41-24-51-41)5-4-31(2)45(34-10-16-38(17-11-34)48-25-42-28-52-42)33-6-8-35(9-7-33)46(36-12-18-39(19-13-36)49-26-43-29-53-43)37-14-20-40(21-15-37)50-27-44-30-54-44/h3-21,41-46H,2,22-30H2,1H3/b5-4-,32-3+/t41?,42?,43?,44?,45-,46?/m0/s1. The molecule has 280 valence electrons. The molecule has 0 saturated carbocycles. The second kappa shape index (κ2) is 17.2. The maximum absolute atomic E-state index is 5.96. The van der Waals surface area contributed by atoms with Crippen LogP contribution in [0.2, 0.25) is 0 Å². The highest BCUT2D eigenvalue weighted by Gasteiger charge is 2.26. The molecule has 8 rings (SSSR count). The van der Waals surface area contributed by atoms with Crippen LogP contribution >= 0.6 is 0 Å². The van der Waals surface area contributed by atoms with Crippen molar-refractivity contribution in [3.8, 4) is 17.2 Å². The monoisotopic (exact) mass is 728 g/mol. The zero-order valence-electron chi connectivity index (χ0n) is 30.8. The quantitative estimate of drug-likeness (QED) is 0.0488. The smallest absolute Gasteiger partial charge is 0.119 e. The molecule has 4 aliphatic rings. The van der Waals surface area contributed by atoms with E-state index in [1.165, 1.54) is 16.7 Å². The van der Waals surface area contributed by atoms with E-state index in [9.17, 15) is 0 Å². The predicted molar refractivity (Wildman–Crippen MR) is 207 cm³/mol. The van der Waals surface area contributed by atoms with Crippen molar-refractivity contribution in [2.45, 2.75) is 43.2 Å². The van der Waals surface area contributed by atoms with Gasteiger partial charge in [-0.15, -0.1) is 0 Å². The second-order valence-corrected chi connectivity index (χ2v) is 14.3. The average molecular weight is 729 g/mol. The van der Waals surface area contributed by atoms with Crippen LogP contribution < -0.4 is 14.2 Å². The molecule has 54 heavy (non-hydrogen) atoms. The summed E-state index contributed by atoms with van der Waals surface area (Å²) in [6.45, 7) is 12.6. The molecule has 0 bridgehead atoms. The van der Waals surface area contributed by atoms with Gasteiger partial charge in [0.15, 0.2) is 0 Å². The van der Waals surface area contributed by atoms with E-state index in [1.54, 1.807) is 0 Å². The highest BCUT2D eigenvalue weighted by Crippen LogP contribution is 2.38. The minimum Gasteiger partial charge on any atom is -0.491 e. The fourth-order valence-electron chi connectivity index (χ4n) is 6.42. The van der Waals surface area contributed by atoms with Crippen molar-refractivity contribution in [1.29, 1.82) is 0 Å². The van der Waals surface area contributed by atoms with Crippen LogP contribution in [-0.4, -0.2) is 83.9 Å². The van der Waals surface area contributed by atoms with Crippen LogP contribution in [0.15, 0.2) is 133 Å². The highest BCUT2D eigenvalue weighted by atomic mass is 16.6. The van der Waals surface area contributed by atoms with Gasteiger partial charge in [-0.3, -0.25) is 0 Å². The van der Waals surface area contributed by atoms with Gasteiger partial charge >= 0.3 is 0 Å². The molecule has 4 fully saturated rings. The largest absolute Gasteiger partial charge is 0.491 e. The Morgan fingerprint density at radius 2 is 0.907 bits per heavy atom. The summed E-state index contributed by atoms with van der Waals surface area (Å²) in [5.41, 5.74) is 7.86. The maximum atomic E-state index is 5.96. The molecule has 0 spiro atoms. The van der Waals surface area contributed by atoms with Gasteiger partial charge in [0.1, 0.15) is 61.5 Å². The molecule has 5 atom stereocenters. The lowest BCUT2D eigenvalue weighted by molar-refractivity contribution is 0.137. The number of hydrogen-bond acceptors (Lipinski definition) is 8. The van der Waals surface area contributed by atoms with Gasteiger partial charge in [-0.2, -0.15) is 0 Å². The Labute approximate surface area is 317 Å².